The molecule has 1 aliphatic rings. The van der Waals surface area contributed by atoms with Gasteiger partial charge in [-0.3, -0.25) is 4.98 Å². The van der Waals surface area contributed by atoms with Crippen LogP contribution in [0.5, 0.6) is 0 Å². The van der Waals surface area contributed by atoms with Crippen molar-refractivity contribution in [3.05, 3.63) is 30.1 Å². The van der Waals surface area contributed by atoms with Gasteiger partial charge < -0.3 is 15.5 Å². The zero-order valence-electron chi connectivity index (χ0n) is 12.8. The Morgan fingerprint density at radius 3 is 2.71 bits per heavy atom. The van der Waals surface area contributed by atoms with Crippen molar-refractivity contribution in [1.82, 2.24) is 20.5 Å². The standard InChI is InChI=1S/C16H26N4O/c1-2-8-18-16(21)19-15-6-12-20(13-7-15)11-5-14-3-9-17-10-4-14/h3-4,9-10,15H,2,5-8,11-13H2,1H3,(H2,18,19,21). The van der Waals surface area contributed by atoms with Crippen LogP contribution in [-0.2, 0) is 6.42 Å². The second-order valence-electron chi connectivity index (χ2n) is 5.62. The van der Waals surface area contributed by atoms with Crippen molar-refractivity contribution < 1.29 is 4.79 Å². The van der Waals surface area contributed by atoms with Gasteiger partial charge >= 0.3 is 6.03 Å². The minimum Gasteiger partial charge on any atom is -0.338 e. The van der Waals surface area contributed by atoms with Gasteiger partial charge in [0.2, 0.25) is 0 Å². The third-order valence-corrected chi connectivity index (χ3v) is 3.92. The number of nitrogens with zero attached hydrogens (tertiary/aromatic N) is 2. The molecule has 1 aliphatic heterocycles. The Labute approximate surface area is 127 Å². The molecule has 0 aliphatic carbocycles. The van der Waals surface area contributed by atoms with E-state index in [1.54, 1.807) is 0 Å². The number of aromatic nitrogens is 1. The lowest BCUT2D eigenvalue weighted by atomic mass is 10.0. The highest BCUT2D eigenvalue weighted by molar-refractivity contribution is 5.74. The molecule has 0 aromatic carbocycles. The molecular weight excluding hydrogens is 264 g/mol. The van der Waals surface area contributed by atoms with E-state index in [4.69, 9.17) is 0 Å². The van der Waals surface area contributed by atoms with Crippen molar-refractivity contribution in [3.8, 4) is 0 Å². The number of likely N-dealkylation sites (tertiary alicyclic amines) is 1. The van der Waals surface area contributed by atoms with Gasteiger partial charge in [0, 0.05) is 44.6 Å². The number of urea groups is 1. The molecule has 2 N–H and O–H groups in total. The van der Waals surface area contributed by atoms with Crippen LogP contribution in [0.25, 0.3) is 0 Å². The number of hydrogen-bond acceptors (Lipinski definition) is 3. The summed E-state index contributed by atoms with van der Waals surface area (Å²) < 4.78 is 0. The van der Waals surface area contributed by atoms with E-state index in [0.29, 0.717) is 6.04 Å². The Morgan fingerprint density at radius 2 is 2.05 bits per heavy atom. The third kappa shape index (κ3) is 5.71. The van der Waals surface area contributed by atoms with Gasteiger partial charge in [-0.05, 0) is 43.4 Å². The molecule has 1 aromatic heterocycles. The van der Waals surface area contributed by atoms with Gasteiger partial charge in [-0.2, -0.15) is 0 Å². The first-order valence-electron chi connectivity index (χ1n) is 7.93. The van der Waals surface area contributed by atoms with Crippen molar-refractivity contribution in [2.75, 3.05) is 26.2 Å². The molecular formula is C16H26N4O. The van der Waals surface area contributed by atoms with E-state index in [1.165, 1.54) is 5.56 Å². The summed E-state index contributed by atoms with van der Waals surface area (Å²) in [5, 5.41) is 5.93. The quantitative estimate of drug-likeness (QED) is 0.840. The summed E-state index contributed by atoms with van der Waals surface area (Å²) in [6, 6.07) is 4.45. The summed E-state index contributed by atoms with van der Waals surface area (Å²) in [7, 11) is 0. The van der Waals surface area contributed by atoms with E-state index in [-0.39, 0.29) is 6.03 Å². The summed E-state index contributed by atoms with van der Waals surface area (Å²) in [5.41, 5.74) is 1.34. The van der Waals surface area contributed by atoms with Gasteiger partial charge in [-0.15, -0.1) is 0 Å². The molecule has 2 rings (SSSR count). The van der Waals surface area contributed by atoms with Crippen LogP contribution in [0.15, 0.2) is 24.5 Å². The molecule has 0 spiro atoms. The summed E-state index contributed by atoms with van der Waals surface area (Å²) in [6.45, 7) is 6.00. The van der Waals surface area contributed by atoms with Crippen molar-refractivity contribution in [1.29, 1.82) is 0 Å². The summed E-state index contributed by atoms with van der Waals surface area (Å²) in [6.07, 6.45) is 7.81. The van der Waals surface area contributed by atoms with Crippen molar-refractivity contribution in [2.45, 2.75) is 38.6 Å². The van der Waals surface area contributed by atoms with Gasteiger partial charge in [0.1, 0.15) is 0 Å². The molecule has 0 bridgehead atoms. The molecule has 0 atom stereocenters. The number of carbonyl (C=O) groups excluding carboxylic acids is 1. The minimum atomic E-state index is -0.0212. The maximum absolute atomic E-state index is 11.6. The fourth-order valence-electron chi connectivity index (χ4n) is 2.61. The predicted molar refractivity (Wildman–Crippen MR) is 84.2 cm³/mol. The number of piperidine rings is 1. The molecule has 0 radical (unpaired) electrons. The van der Waals surface area contributed by atoms with E-state index in [1.807, 2.05) is 12.4 Å². The first-order valence-corrected chi connectivity index (χ1v) is 7.93. The van der Waals surface area contributed by atoms with Crippen LogP contribution in [-0.4, -0.2) is 48.1 Å². The maximum Gasteiger partial charge on any atom is 0.315 e. The number of pyridine rings is 1. The number of nitrogens with one attached hydrogen (secondary N) is 2. The highest BCUT2D eigenvalue weighted by Crippen LogP contribution is 2.11. The highest BCUT2D eigenvalue weighted by Gasteiger charge is 2.20. The van der Waals surface area contributed by atoms with E-state index in [0.717, 1.165) is 51.9 Å². The number of hydrogen-bond donors (Lipinski definition) is 2. The first-order chi connectivity index (χ1) is 10.3. The van der Waals surface area contributed by atoms with E-state index in [9.17, 15) is 4.79 Å². The maximum atomic E-state index is 11.6. The molecule has 1 saturated heterocycles. The Morgan fingerprint density at radius 1 is 1.33 bits per heavy atom. The van der Waals surface area contributed by atoms with Gasteiger partial charge in [0.25, 0.3) is 0 Å². The van der Waals surface area contributed by atoms with Crippen LogP contribution in [0.2, 0.25) is 0 Å². The Bertz CT molecular complexity index is 416. The van der Waals surface area contributed by atoms with Crippen LogP contribution in [0, 0.1) is 0 Å². The van der Waals surface area contributed by atoms with E-state index < -0.39 is 0 Å². The van der Waals surface area contributed by atoms with Gasteiger partial charge in [0.15, 0.2) is 0 Å². The van der Waals surface area contributed by atoms with Crippen LogP contribution in [0.4, 0.5) is 4.79 Å². The predicted octanol–water partition coefficient (Wildman–Crippen LogP) is 1.80. The van der Waals surface area contributed by atoms with Gasteiger partial charge in [-0.1, -0.05) is 6.92 Å². The Balaban J connectivity index is 1.63. The second kappa shape index (κ2) is 8.62. The fraction of sp³-hybridized carbons (Fsp3) is 0.625. The number of rotatable bonds is 6. The van der Waals surface area contributed by atoms with Crippen LogP contribution in [0.3, 0.4) is 0 Å². The average molecular weight is 290 g/mol. The van der Waals surface area contributed by atoms with Crippen LogP contribution >= 0.6 is 0 Å². The smallest absolute Gasteiger partial charge is 0.315 e. The van der Waals surface area contributed by atoms with Crippen molar-refractivity contribution >= 4 is 6.03 Å². The minimum absolute atomic E-state index is 0.0212. The molecule has 5 heteroatoms. The SMILES string of the molecule is CCCNC(=O)NC1CCN(CCc2ccncc2)CC1. The van der Waals surface area contributed by atoms with Crippen LogP contribution in [0.1, 0.15) is 31.7 Å². The van der Waals surface area contributed by atoms with Crippen LogP contribution < -0.4 is 10.6 Å². The molecule has 5 nitrogen and oxygen atoms in total. The third-order valence-electron chi connectivity index (χ3n) is 3.92. The molecule has 1 aromatic rings. The normalized spacial score (nSPS) is 16.6. The largest absolute Gasteiger partial charge is 0.338 e. The summed E-state index contributed by atoms with van der Waals surface area (Å²) in [4.78, 5) is 18.1. The zero-order chi connectivity index (χ0) is 14.9. The topological polar surface area (TPSA) is 57.3 Å². The van der Waals surface area contributed by atoms with Crippen molar-refractivity contribution in [3.63, 3.8) is 0 Å². The Hall–Kier alpha value is -1.62. The summed E-state index contributed by atoms with van der Waals surface area (Å²) >= 11 is 0. The number of carbonyl (C=O) groups is 1. The molecule has 2 amide bonds. The highest BCUT2D eigenvalue weighted by atomic mass is 16.2. The average Bonchev–Trinajstić information content (AvgIpc) is 2.53. The molecule has 2 heterocycles. The van der Waals surface area contributed by atoms with Crippen molar-refractivity contribution in [2.24, 2.45) is 0 Å². The molecule has 21 heavy (non-hydrogen) atoms. The van der Waals surface area contributed by atoms with Gasteiger partial charge in [-0.25, -0.2) is 4.79 Å². The van der Waals surface area contributed by atoms with E-state index in [2.05, 4.69) is 39.6 Å². The lowest BCUT2D eigenvalue weighted by molar-refractivity contribution is 0.194. The van der Waals surface area contributed by atoms with Gasteiger partial charge in [0.05, 0.1) is 0 Å². The molecule has 116 valence electrons. The lowest BCUT2D eigenvalue weighted by Gasteiger charge is -2.32. The number of amides is 2. The second-order valence-corrected chi connectivity index (χ2v) is 5.62. The zero-order valence-corrected chi connectivity index (χ0v) is 12.8. The Kier molecular flexibility index (Phi) is 6.47. The first kappa shape index (κ1) is 15.8. The molecule has 1 fully saturated rings. The van der Waals surface area contributed by atoms with E-state index >= 15 is 0 Å². The monoisotopic (exact) mass is 290 g/mol. The molecule has 0 saturated carbocycles. The molecule has 0 unspecified atom stereocenters. The lowest BCUT2D eigenvalue weighted by Crippen LogP contribution is -2.48. The fourth-order valence-corrected chi connectivity index (χ4v) is 2.61. The summed E-state index contributed by atoms with van der Waals surface area (Å²) in [5.74, 6) is 0.